The van der Waals surface area contributed by atoms with Crippen molar-refractivity contribution in [2.75, 3.05) is 7.11 Å². The van der Waals surface area contributed by atoms with E-state index < -0.39 is 17.8 Å². The zero-order chi connectivity index (χ0) is 16.7. The fraction of sp³-hybridized carbons (Fsp3) is 0.133. The minimum absolute atomic E-state index is 0.00908. The predicted octanol–water partition coefficient (Wildman–Crippen LogP) is 3.17. The molecule has 2 amide bonds. The van der Waals surface area contributed by atoms with Gasteiger partial charge in [-0.3, -0.25) is 14.5 Å². The lowest BCUT2D eigenvalue weighted by atomic mass is 10.1. The second-order valence-corrected chi connectivity index (χ2v) is 5.58. The van der Waals surface area contributed by atoms with E-state index in [1.54, 1.807) is 0 Å². The van der Waals surface area contributed by atoms with Gasteiger partial charge < -0.3 is 9.15 Å². The molecule has 3 rings (SSSR count). The van der Waals surface area contributed by atoms with Crippen molar-refractivity contribution in [3.05, 3.63) is 57.0 Å². The number of fused-ring (bicyclic) bond motifs is 1. The number of furan rings is 1. The maximum absolute atomic E-state index is 12.3. The van der Waals surface area contributed by atoms with Crippen LogP contribution in [0, 0.1) is 0 Å². The highest BCUT2D eigenvalue weighted by atomic mass is 35.5. The quantitative estimate of drug-likeness (QED) is 0.625. The molecule has 0 atom stereocenters. The van der Waals surface area contributed by atoms with Crippen LogP contribution in [0.3, 0.4) is 0 Å². The summed E-state index contributed by atoms with van der Waals surface area (Å²) in [5.74, 6) is -1.38. The van der Waals surface area contributed by atoms with Crippen LogP contribution in [0.15, 0.2) is 28.7 Å². The summed E-state index contributed by atoms with van der Waals surface area (Å²) in [4.78, 5) is 37.0. The van der Waals surface area contributed by atoms with Crippen LogP contribution in [-0.2, 0) is 11.3 Å². The van der Waals surface area contributed by atoms with E-state index in [2.05, 4.69) is 4.74 Å². The van der Waals surface area contributed by atoms with Crippen molar-refractivity contribution in [3.63, 3.8) is 0 Å². The Morgan fingerprint density at radius 2 is 1.70 bits per heavy atom. The molecule has 0 unspecified atom stereocenters. The van der Waals surface area contributed by atoms with Gasteiger partial charge in [0.05, 0.1) is 34.8 Å². The zero-order valence-corrected chi connectivity index (χ0v) is 13.3. The summed E-state index contributed by atoms with van der Waals surface area (Å²) < 4.78 is 9.80. The third-order valence-corrected chi connectivity index (χ3v) is 4.10. The number of imide groups is 1. The molecular weight excluding hydrogens is 345 g/mol. The molecule has 0 fully saturated rings. The van der Waals surface area contributed by atoms with Gasteiger partial charge in [-0.1, -0.05) is 23.2 Å². The number of ether oxygens (including phenoxy) is 1. The average molecular weight is 354 g/mol. The lowest BCUT2D eigenvalue weighted by Gasteiger charge is -2.11. The molecule has 1 aromatic carbocycles. The van der Waals surface area contributed by atoms with Gasteiger partial charge in [-0.05, 0) is 24.3 Å². The second-order valence-electron chi connectivity index (χ2n) is 4.77. The van der Waals surface area contributed by atoms with Crippen LogP contribution in [0.4, 0.5) is 0 Å². The van der Waals surface area contributed by atoms with Crippen LogP contribution in [0.5, 0.6) is 0 Å². The van der Waals surface area contributed by atoms with Gasteiger partial charge in [0.2, 0.25) is 5.76 Å². The number of nitrogens with zero attached hydrogens (tertiary/aromatic N) is 1. The Balaban J connectivity index is 1.88. The SMILES string of the molecule is COC(=O)c1ccc(CN2C(=O)c3cc(Cl)c(Cl)cc3C2=O)o1. The molecule has 2 aromatic rings. The molecule has 6 nitrogen and oxygen atoms in total. The van der Waals surface area contributed by atoms with Crippen LogP contribution >= 0.6 is 23.2 Å². The highest BCUT2D eigenvalue weighted by molar-refractivity contribution is 6.43. The number of hydrogen-bond acceptors (Lipinski definition) is 5. The average Bonchev–Trinajstić information content (AvgIpc) is 3.08. The van der Waals surface area contributed by atoms with E-state index in [0.29, 0.717) is 0 Å². The number of carbonyl (C=O) groups is 3. The van der Waals surface area contributed by atoms with Crippen molar-refractivity contribution < 1.29 is 23.5 Å². The van der Waals surface area contributed by atoms with E-state index in [-0.39, 0.29) is 39.2 Å². The van der Waals surface area contributed by atoms with Gasteiger partial charge >= 0.3 is 5.97 Å². The maximum Gasteiger partial charge on any atom is 0.373 e. The van der Waals surface area contributed by atoms with Crippen molar-refractivity contribution in [2.45, 2.75) is 6.54 Å². The molecule has 23 heavy (non-hydrogen) atoms. The Morgan fingerprint density at radius 3 is 2.22 bits per heavy atom. The normalized spacial score (nSPS) is 13.4. The van der Waals surface area contributed by atoms with Gasteiger partial charge in [0.1, 0.15) is 5.76 Å². The Bertz CT molecular complexity index is 801. The summed E-state index contributed by atoms with van der Waals surface area (Å²) >= 11 is 11.8. The predicted molar refractivity (Wildman–Crippen MR) is 80.7 cm³/mol. The zero-order valence-electron chi connectivity index (χ0n) is 11.8. The van der Waals surface area contributed by atoms with Crippen LogP contribution < -0.4 is 0 Å². The number of esters is 1. The Labute approximate surface area is 140 Å². The standard InChI is InChI=1S/C15H9Cl2NO5/c1-22-15(21)12-3-2-7(23-12)6-18-13(19)8-4-10(16)11(17)5-9(8)14(18)20/h2-5H,6H2,1H3. The molecule has 1 aromatic heterocycles. The fourth-order valence-corrected chi connectivity index (χ4v) is 2.58. The van der Waals surface area contributed by atoms with E-state index >= 15 is 0 Å². The smallest absolute Gasteiger partial charge is 0.373 e. The molecule has 1 aliphatic rings. The Kier molecular flexibility index (Phi) is 3.87. The van der Waals surface area contributed by atoms with Gasteiger partial charge in [0, 0.05) is 0 Å². The third kappa shape index (κ3) is 2.60. The molecule has 0 bridgehead atoms. The molecule has 0 saturated heterocycles. The van der Waals surface area contributed by atoms with E-state index in [0.717, 1.165) is 4.90 Å². The van der Waals surface area contributed by atoms with Crippen LogP contribution in [-0.4, -0.2) is 29.8 Å². The van der Waals surface area contributed by atoms with Crippen molar-refractivity contribution in [2.24, 2.45) is 0 Å². The summed E-state index contributed by atoms with van der Waals surface area (Å²) in [6.07, 6.45) is 0. The number of carbonyl (C=O) groups excluding carboxylic acids is 3. The number of methoxy groups -OCH3 is 1. The van der Waals surface area contributed by atoms with Crippen LogP contribution in [0.2, 0.25) is 10.0 Å². The van der Waals surface area contributed by atoms with Crippen molar-refractivity contribution >= 4 is 41.0 Å². The third-order valence-electron chi connectivity index (χ3n) is 3.37. The molecule has 0 N–H and O–H groups in total. The summed E-state index contributed by atoms with van der Waals surface area (Å²) in [6, 6.07) is 5.63. The van der Waals surface area contributed by atoms with Crippen molar-refractivity contribution in [1.29, 1.82) is 0 Å². The number of halogens is 2. The topological polar surface area (TPSA) is 76.8 Å². The first-order chi connectivity index (χ1) is 10.9. The lowest BCUT2D eigenvalue weighted by molar-refractivity contribution is 0.0560. The van der Waals surface area contributed by atoms with Crippen molar-refractivity contribution in [3.8, 4) is 0 Å². The van der Waals surface area contributed by atoms with Gasteiger partial charge in [0.25, 0.3) is 11.8 Å². The second kappa shape index (κ2) is 5.72. The molecule has 1 aliphatic heterocycles. The Hall–Kier alpha value is -2.31. The molecule has 0 spiro atoms. The monoisotopic (exact) mass is 353 g/mol. The minimum atomic E-state index is -0.642. The Morgan fingerprint density at radius 1 is 1.13 bits per heavy atom. The molecule has 0 aliphatic carbocycles. The molecule has 118 valence electrons. The highest BCUT2D eigenvalue weighted by Crippen LogP contribution is 2.32. The largest absolute Gasteiger partial charge is 0.463 e. The van der Waals surface area contributed by atoms with E-state index in [4.69, 9.17) is 27.6 Å². The molecule has 2 heterocycles. The number of amides is 2. The molecule has 0 saturated carbocycles. The van der Waals surface area contributed by atoms with Crippen LogP contribution in [0.1, 0.15) is 37.0 Å². The molecular formula is C15H9Cl2NO5. The van der Waals surface area contributed by atoms with E-state index in [9.17, 15) is 14.4 Å². The lowest BCUT2D eigenvalue weighted by Crippen LogP contribution is -2.28. The van der Waals surface area contributed by atoms with Gasteiger partial charge in [-0.2, -0.15) is 0 Å². The van der Waals surface area contributed by atoms with E-state index in [1.807, 2.05) is 0 Å². The molecule has 0 radical (unpaired) electrons. The first kappa shape index (κ1) is 15.6. The first-order valence-electron chi connectivity index (χ1n) is 6.44. The van der Waals surface area contributed by atoms with Gasteiger partial charge in [0.15, 0.2) is 0 Å². The van der Waals surface area contributed by atoms with E-state index in [1.165, 1.54) is 31.4 Å². The first-order valence-corrected chi connectivity index (χ1v) is 7.20. The van der Waals surface area contributed by atoms with Gasteiger partial charge in [-0.25, -0.2) is 4.79 Å². The summed E-state index contributed by atoms with van der Waals surface area (Å²) in [5.41, 5.74) is 0.369. The molecule has 8 heteroatoms. The maximum atomic E-state index is 12.3. The summed E-state index contributed by atoms with van der Waals surface area (Å²) in [7, 11) is 1.22. The van der Waals surface area contributed by atoms with Gasteiger partial charge in [-0.15, -0.1) is 0 Å². The highest BCUT2D eigenvalue weighted by Gasteiger charge is 2.37. The van der Waals surface area contributed by atoms with Crippen molar-refractivity contribution in [1.82, 2.24) is 4.90 Å². The summed E-state index contributed by atoms with van der Waals surface area (Å²) in [6.45, 7) is -0.113. The number of benzene rings is 1. The number of rotatable bonds is 3. The minimum Gasteiger partial charge on any atom is -0.463 e. The van der Waals surface area contributed by atoms with Crippen LogP contribution in [0.25, 0.3) is 0 Å². The fourth-order valence-electron chi connectivity index (χ4n) is 2.26. The number of hydrogen-bond donors (Lipinski definition) is 0. The summed E-state index contributed by atoms with van der Waals surface area (Å²) in [5, 5.41) is 0.388.